The number of nitrogens with zero attached hydrogens (tertiary/aromatic N) is 1. The average molecular weight is 399 g/mol. The van der Waals surface area contributed by atoms with Crippen LogP contribution in [0.5, 0.6) is 0 Å². The van der Waals surface area contributed by atoms with Gasteiger partial charge in [0.25, 0.3) is 0 Å². The molecule has 0 aromatic heterocycles. The topological polar surface area (TPSA) is 49.8 Å². The Hall–Kier alpha value is -1.45. The molecule has 0 amide bonds. The Morgan fingerprint density at radius 2 is 1.38 bits per heavy atom. The van der Waals surface area contributed by atoms with E-state index in [-0.39, 0.29) is 0 Å². The fraction of sp³-hybridized carbons (Fsp3) is 0.278. The molecule has 26 heavy (non-hydrogen) atoms. The molecule has 0 heterocycles. The quantitative estimate of drug-likeness (QED) is 0.598. The minimum absolute atomic E-state index is 0.326. The second-order valence-electron chi connectivity index (χ2n) is 5.98. The average Bonchev–Trinajstić information content (AvgIpc) is 2.61. The fourth-order valence-corrected chi connectivity index (χ4v) is 2.77. The molecule has 0 bridgehead atoms. The molecule has 0 fully saturated rings. The second-order valence-corrected chi connectivity index (χ2v) is 7.77. The largest absolute Gasteiger partial charge is 0.458 e. The molecular weight excluding hydrogens is 378 g/mol. The highest BCUT2D eigenvalue weighted by Gasteiger charge is 2.41. The molecule has 4 nitrogen and oxygen atoms in total. The molecule has 140 valence electrons. The monoisotopic (exact) mass is 399 g/mol. The Labute approximate surface area is 156 Å². The summed E-state index contributed by atoms with van der Waals surface area (Å²) in [6.07, 6.45) is -1.01. The van der Waals surface area contributed by atoms with Crippen LogP contribution >= 0.6 is 18.8 Å². The van der Waals surface area contributed by atoms with E-state index >= 15 is 0 Å². The molecule has 2 unspecified atom stereocenters. The van der Waals surface area contributed by atoms with Crippen molar-refractivity contribution in [3.63, 3.8) is 0 Å². The van der Waals surface area contributed by atoms with Crippen molar-refractivity contribution in [3.8, 4) is 0 Å². The van der Waals surface area contributed by atoms with E-state index in [0.29, 0.717) is 11.1 Å². The predicted octanol–water partition coefficient (Wildman–Crippen LogP) is 3.40. The first-order chi connectivity index (χ1) is 12.2. The summed E-state index contributed by atoms with van der Waals surface area (Å²) < 4.78 is 33.6. The van der Waals surface area contributed by atoms with Crippen molar-refractivity contribution in [2.45, 2.75) is 31.6 Å². The zero-order valence-electron chi connectivity index (χ0n) is 14.4. The molecule has 2 rings (SSSR count). The van der Waals surface area contributed by atoms with Gasteiger partial charge in [0, 0.05) is 0 Å². The van der Waals surface area contributed by atoms with E-state index in [4.69, 9.17) is 4.74 Å². The van der Waals surface area contributed by atoms with E-state index in [1.165, 1.54) is 59.9 Å². The summed E-state index contributed by atoms with van der Waals surface area (Å²) in [7, 11) is 4.68. The summed E-state index contributed by atoms with van der Waals surface area (Å²) in [6.45, 7) is 3.18. The first-order valence-corrected chi connectivity index (χ1v) is 8.93. The lowest BCUT2D eigenvalue weighted by Crippen LogP contribution is -2.44. The van der Waals surface area contributed by atoms with Crippen LogP contribution in [0.25, 0.3) is 0 Å². The van der Waals surface area contributed by atoms with Crippen molar-refractivity contribution in [2.75, 3.05) is 0 Å². The summed E-state index contributed by atoms with van der Waals surface area (Å²) in [5.74, 6) is -1.48. The Balaban J connectivity index is 2.44. The lowest BCUT2D eigenvalue weighted by molar-refractivity contribution is -0.162. The highest BCUT2D eigenvalue weighted by Crippen LogP contribution is 2.35. The molecule has 0 saturated carbocycles. The summed E-state index contributed by atoms with van der Waals surface area (Å²) in [5.41, 5.74) is -1.12. The third-order valence-corrected chi connectivity index (χ3v) is 5.13. The Morgan fingerprint density at radius 3 is 1.73 bits per heavy atom. The highest BCUT2D eigenvalue weighted by atomic mass is 31.1. The minimum Gasteiger partial charge on any atom is -0.458 e. The van der Waals surface area contributed by atoms with Crippen LogP contribution in [0.2, 0.25) is 0 Å². The maximum absolute atomic E-state index is 13.3. The van der Waals surface area contributed by atoms with Crippen LogP contribution < -0.4 is 0 Å². The maximum atomic E-state index is 13.3. The van der Waals surface area contributed by atoms with Crippen molar-refractivity contribution >= 4 is 24.8 Å². The minimum atomic E-state index is -1.77. The number of rotatable bonds is 6. The summed E-state index contributed by atoms with van der Waals surface area (Å²) in [5, 5.41) is 11.4. The number of hydrogen-bond acceptors (Lipinski definition) is 4. The van der Waals surface area contributed by atoms with E-state index in [9.17, 15) is 18.7 Å². The molecule has 0 spiro atoms. The number of carbonyl (C=O) groups excluding carboxylic acids is 1. The van der Waals surface area contributed by atoms with Gasteiger partial charge >= 0.3 is 5.97 Å². The fourth-order valence-electron chi connectivity index (χ4n) is 2.52. The van der Waals surface area contributed by atoms with Gasteiger partial charge in [-0.15, -0.1) is 0 Å². The number of hydrogen-bond donors (Lipinski definition) is 1. The number of halogens is 2. The smallest absolute Gasteiger partial charge is 0.324 e. The molecule has 0 aliphatic heterocycles. The highest BCUT2D eigenvalue weighted by molar-refractivity contribution is 7.31. The van der Waals surface area contributed by atoms with Gasteiger partial charge in [-0.05, 0) is 49.2 Å². The van der Waals surface area contributed by atoms with Crippen LogP contribution in [0.15, 0.2) is 48.5 Å². The van der Waals surface area contributed by atoms with E-state index in [1.807, 2.05) is 0 Å². The number of aliphatic hydroxyl groups is 1. The number of ether oxygens (including phenoxy) is 1. The molecule has 0 aliphatic rings. The third kappa shape index (κ3) is 4.44. The maximum Gasteiger partial charge on any atom is 0.324 e. The van der Waals surface area contributed by atoms with Crippen LogP contribution in [0.3, 0.4) is 0 Å². The van der Waals surface area contributed by atoms with Crippen molar-refractivity contribution in [1.82, 2.24) is 4.44 Å². The zero-order valence-corrected chi connectivity index (χ0v) is 16.7. The lowest BCUT2D eigenvalue weighted by Gasteiger charge is -2.35. The zero-order chi connectivity index (χ0) is 19.5. The van der Waals surface area contributed by atoms with Gasteiger partial charge in [-0.3, -0.25) is 9.24 Å². The first kappa shape index (κ1) is 20.9. The molecule has 0 aliphatic carbocycles. The van der Waals surface area contributed by atoms with Crippen LogP contribution in [-0.2, 0) is 15.1 Å². The van der Waals surface area contributed by atoms with Crippen LogP contribution in [0.1, 0.15) is 25.0 Å². The van der Waals surface area contributed by atoms with Crippen LogP contribution in [0.4, 0.5) is 8.78 Å². The van der Waals surface area contributed by atoms with E-state index in [0.717, 1.165) is 0 Å². The van der Waals surface area contributed by atoms with Crippen molar-refractivity contribution < 1.29 is 23.4 Å². The molecule has 1 N–H and O–H groups in total. The molecule has 2 aromatic carbocycles. The standard InChI is InChI=1S/C18H21F2NO3P2/c1-11(21(25)26)17(22)24-12(2)18(23,13-3-7-15(19)8-4-13)14-5-9-16(20)10-6-14/h3-12,23H,25-26H2,1-2H3/t11-,12+/m1/s1. The van der Waals surface area contributed by atoms with Gasteiger partial charge < -0.3 is 9.84 Å². The third-order valence-electron chi connectivity index (χ3n) is 4.24. The Bertz CT molecular complexity index is 709. The van der Waals surface area contributed by atoms with Crippen LogP contribution in [-0.4, -0.2) is 27.7 Å². The summed E-state index contributed by atoms with van der Waals surface area (Å²) >= 11 is 0. The van der Waals surface area contributed by atoms with E-state index in [2.05, 4.69) is 18.8 Å². The van der Waals surface area contributed by atoms with Gasteiger partial charge in [0.2, 0.25) is 0 Å². The van der Waals surface area contributed by atoms with Gasteiger partial charge in [-0.25, -0.2) is 8.78 Å². The molecular formula is C18H21F2NO3P2. The predicted molar refractivity (Wildman–Crippen MR) is 102 cm³/mol. The summed E-state index contributed by atoms with van der Waals surface area (Å²) in [4.78, 5) is 12.3. The molecule has 0 saturated heterocycles. The van der Waals surface area contributed by atoms with Gasteiger partial charge in [0.05, 0.1) is 0 Å². The van der Waals surface area contributed by atoms with Gasteiger partial charge in [0.15, 0.2) is 5.60 Å². The van der Waals surface area contributed by atoms with Gasteiger partial charge in [0.1, 0.15) is 23.8 Å². The SMILES string of the molecule is C[C@H](C(=O)O[C@@H](C)C(O)(c1ccc(F)cc1)c1ccc(F)cc1)N(P)P. The van der Waals surface area contributed by atoms with Crippen molar-refractivity contribution in [2.24, 2.45) is 0 Å². The van der Waals surface area contributed by atoms with Crippen LogP contribution in [0, 0.1) is 11.6 Å². The molecule has 2 aromatic rings. The first-order valence-electron chi connectivity index (χ1n) is 7.89. The number of carbonyl (C=O) groups is 1. The summed E-state index contributed by atoms with van der Waals surface area (Å²) in [6, 6.07) is 9.85. The van der Waals surface area contributed by atoms with Crippen molar-refractivity contribution in [3.05, 3.63) is 71.3 Å². The number of benzene rings is 2. The Kier molecular flexibility index (Phi) is 6.81. The van der Waals surface area contributed by atoms with Gasteiger partial charge in [-0.2, -0.15) is 0 Å². The normalized spacial score (nSPS) is 14.2. The van der Waals surface area contributed by atoms with Gasteiger partial charge in [-0.1, -0.05) is 43.0 Å². The lowest BCUT2D eigenvalue weighted by atomic mass is 9.82. The molecule has 4 atom stereocenters. The Morgan fingerprint density at radius 1 is 1.00 bits per heavy atom. The van der Waals surface area contributed by atoms with E-state index < -0.39 is 35.4 Å². The number of esters is 1. The molecule has 0 radical (unpaired) electrons. The second kappa shape index (κ2) is 8.49. The molecule has 8 heteroatoms. The van der Waals surface area contributed by atoms with E-state index in [1.54, 1.807) is 6.92 Å². The van der Waals surface area contributed by atoms with Crippen molar-refractivity contribution in [1.29, 1.82) is 0 Å².